The van der Waals surface area contributed by atoms with Crippen molar-refractivity contribution in [3.8, 4) is 0 Å². The van der Waals surface area contributed by atoms with Crippen LogP contribution < -0.4 is 5.32 Å². The normalized spacial score (nSPS) is 26.7. The summed E-state index contributed by atoms with van der Waals surface area (Å²) < 4.78 is 27.2. The van der Waals surface area contributed by atoms with E-state index in [0.29, 0.717) is 32.4 Å². The van der Waals surface area contributed by atoms with E-state index in [-0.39, 0.29) is 61.5 Å². The largest absolute Gasteiger partial charge is 0.500 e. The van der Waals surface area contributed by atoms with Gasteiger partial charge in [0.1, 0.15) is 5.78 Å². The lowest BCUT2D eigenvalue weighted by atomic mass is 9.85. The van der Waals surface area contributed by atoms with Crippen LogP contribution in [0, 0.1) is 36.5 Å². The van der Waals surface area contributed by atoms with Crippen molar-refractivity contribution in [3.63, 3.8) is 0 Å². The number of nitrogens with zero attached hydrogens (tertiary/aromatic N) is 1. The van der Waals surface area contributed by atoms with Crippen LogP contribution in [0.15, 0.2) is 12.2 Å². The van der Waals surface area contributed by atoms with E-state index in [4.69, 9.17) is 29.7 Å². The third kappa shape index (κ3) is 6.29. The standard InChI is InChI=1S/C24H36N2O9Si/c1-16(27)8-11-34-13-14-35-12-9-25-20(28)7-10-26-23(29)21-17-5-6-18(22(21)24(26)30)19(17)15-36(31-2,32-3)33-4/h1,5-6,17-19,21-22H,7-15H2,2-4H3,(H,25,28). The van der Waals surface area contributed by atoms with Crippen LogP contribution in [-0.2, 0) is 41.9 Å². The number of fused-ring (bicyclic) bond motifs is 5. The van der Waals surface area contributed by atoms with Gasteiger partial charge in [0.2, 0.25) is 17.7 Å². The molecule has 0 aromatic rings. The van der Waals surface area contributed by atoms with Gasteiger partial charge in [-0.05, 0) is 17.8 Å². The van der Waals surface area contributed by atoms with Crippen LogP contribution in [0.2, 0.25) is 6.04 Å². The van der Waals surface area contributed by atoms with Gasteiger partial charge in [0.25, 0.3) is 0 Å². The van der Waals surface area contributed by atoms with Crippen molar-refractivity contribution in [2.24, 2.45) is 29.6 Å². The Bertz CT molecular complexity index is 807. The van der Waals surface area contributed by atoms with Crippen molar-refractivity contribution in [1.82, 2.24) is 10.2 Å². The van der Waals surface area contributed by atoms with Crippen LogP contribution in [0.1, 0.15) is 12.8 Å². The van der Waals surface area contributed by atoms with Gasteiger partial charge in [0.05, 0.1) is 38.3 Å². The number of hydrogen-bond donors (Lipinski definition) is 1. The molecule has 2 fully saturated rings. The third-order valence-electron chi connectivity index (χ3n) is 7.28. The summed E-state index contributed by atoms with van der Waals surface area (Å²) in [6.07, 6.45) is 4.25. The molecule has 1 N–H and O–H groups in total. The van der Waals surface area contributed by atoms with Gasteiger partial charge in [0, 0.05) is 60.2 Å². The van der Waals surface area contributed by atoms with Crippen LogP contribution in [0.4, 0.5) is 0 Å². The zero-order valence-electron chi connectivity index (χ0n) is 21.1. The summed E-state index contributed by atoms with van der Waals surface area (Å²) in [5, 5.41) is 2.72. The van der Waals surface area contributed by atoms with Gasteiger partial charge in [-0.3, -0.25) is 24.1 Å². The van der Waals surface area contributed by atoms with Crippen LogP contribution in [-0.4, -0.2) is 98.1 Å². The number of ether oxygens (including phenoxy) is 2. The summed E-state index contributed by atoms with van der Waals surface area (Å²) in [4.78, 5) is 50.4. The number of rotatable bonds is 17. The molecule has 3 rings (SSSR count). The number of Topliss-reactive ketones (excluding diaryl/α,β-unsaturated/α-hetero) is 1. The van der Waals surface area contributed by atoms with Crippen LogP contribution >= 0.6 is 0 Å². The van der Waals surface area contributed by atoms with E-state index in [9.17, 15) is 19.2 Å². The Morgan fingerprint density at radius 2 is 1.47 bits per heavy atom. The molecular formula is C24H36N2O9Si. The maximum Gasteiger partial charge on any atom is 0.500 e. The quantitative estimate of drug-likeness (QED) is 0.122. The molecule has 1 heterocycles. The Kier molecular flexibility index (Phi) is 10.3. The molecule has 2 radical (unpaired) electrons. The molecule has 0 spiro atoms. The van der Waals surface area contributed by atoms with Gasteiger partial charge in [-0.15, -0.1) is 0 Å². The molecule has 1 aliphatic heterocycles. The Balaban J connectivity index is 1.39. The first kappa shape index (κ1) is 28.6. The van der Waals surface area contributed by atoms with E-state index < -0.39 is 26.4 Å². The summed E-state index contributed by atoms with van der Waals surface area (Å²) in [6.45, 7) is 6.57. The average Bonchev–Trinajstić information content (AvgIpc) is 3.48. The molecule has 2 aliphatic carbocycles. The van der Waals surface area contributed by atoms with Crippen molar-refractivity contribution in [1.29, 1.82) is 0 Å². The summed E-state index contributed by atoms with van der Waals surface area (Å²) in [6, 6.07) is 0.538. The SMILES string of the molecule is [CH]C(=O)CCOCCOCCNC(=O)CCN1C(=O)C2C3C=CC(C3C[Si](OC)(OC)OC)C2C1=O. The number of ketones is 1. The average molecular weight is 525 g/mol. The number of likely N-dealkylation sites (tertiary alicyclic amines) is 1. The molecule has 200 valence electrons. The van der Waals surface area contributed by atoms with Crippen molar-refractivity contribution in [2.45, 2.75) is 18.9 Å². The highest BCUT2D eigenvalue weighted by molar-refractivity contribution is 6.60. The molecule has 0 aromatic heterocycles. The number of carbonyl (C=O) groups excluding carboxylic acids is 4. The predicted octanol–water partition coefficient (Wildman–Crippen LogP) is 0.107. The Morgan fingerprint density at radius 1 is 0.917 bits per heavy atom. The van der Waals surface area contributed by atoms with Crippen molar-refractivity contribution in [3.05, 3.63) is 19.1 Å². The number of amides is 3. The number of allylic oxidation sites excluding steroid dienone is 2. The minimum absolute atomic E-state index is 0.0341. The zero-order valence-corrected chi connectivity index (χ0v) is 22.1. The molecule has 0 aromatic carbocycles. The second-order valence-electron chi connectivity index (χ2n) is 9.12. The molecule has 1 saturated heterocycles. The molecule has 4 atom stereocenters. The van der Waals surface area contributed by atoms with Gasteiger partial charge >= 0.3 is 8.80 Å². The molecule has 3 aliphatic rings. The van der Waals surface area contributed by atoms with Gasteiger partial charge in [-0.2, -0.15) is 0 Å². The van der Waals surface area contributed by atoms with E-state index in [2.05, 4.69) is 5.32 Å². The second kappa shape index (κ2) is 13.0. The number of nitrogens with one attached hydrogen (secondary N) is 1. The minimum atomic E-state index is -2.86. The fourth-order valence-electron chi connectivity index (χ4n) is 5.49. The van der Waals surface area contributed by atoms with Gasteiger partial charge in [-0.25, -0.2) is 0 Å². The van der Waals surface area contributed by atoms with Crippen LogP contribution in [0.3, 0.4) is 0 Å². The fraction of sp³-hybridized carbons (Fsp3) is 0.708. The highest BCUT2D eigenvalue weighted by Crippen LogP contribution is 2.58. The first-order valence-corrected chi connectivity index (χ1v) is 14.1. The first-order valence-electron chi connectivity index (χ1n) is 12.2. The van der Waals surface area contributed by atoms with E-state index in [0.717, 1.165) is 0 Å². The van der Waals surface area contributed by atoms with Crippen LogP contribution in [0.25, 0.3) is 0 Å². The van der Waals surface area contributed by atoms with Crippen molar-refractivity contribution < 1.29 is 41.9 Å². The first-order chi connectivity index (χ1) is 17.3. The monoisotopic (exact) mass is 524 g/mol. The van der Waals surface area contributed by atoms with E-state index in [1.165, 1.54) is 4.90 Å². The van der Waals surface area contributed by atoms with Gasteiger partial charge in [-0.1, -0.05) is 12.2 Å². The van der Waals surface area contributed by atoms with E-state index >= 15 is 0 Å². The maximum atomic E-state index is 13.2. The fourth-order valence-corrected chi connectivity index (χ4v) is 7.62. The zero-order chi connectivity index (χ0) is 26.3. The number of carbonyl (C=O) groups is 4. The lowest BCUT2D eigenvalue weighted by Gasteiger charge is -2.30. The number of hydrogen-bond acceptors (Lipinski definition) is 9. The molecule has 12 heteroatoms. The van der Waals surface area contributed by atoms with Gasteiger partial charge in [0.15, 0.2) is 0 Å². The molecule has 4 unspecified atom stereocenters. The highest BCUT2D eigenvalue weighted by Gasteiger charge is 2.64. The Hall–Kier alpha value is -1.96. The molecule has 1 saturated carbocycles. The smallest absolute Gasteiger partial charge is 0.379 e. The topological polar surface area (TPSA) is 130 Å². The summed E-state index contributed by atoms with van der Waals surface area (Å²) in [5.41, 5.74) is 0. The minimum Gasteiger partial charge on any atom is -0.379 e. The Labute approximate surface area is 213 Å². The van der Waals surface area contributed by atoms with E-state index in [1.807, 2.05) is 12.2 Å². The highest BCUT2D eigenvalue weighted by atomic mass is 28.4. The lowest BCUT2D eigenvalue weighted by Crippen LogP contribution is -2.46. The van der Waals surface area contributed by atoms with Crippen LogP contribution in [0.5, 0.6) is 0 Å². The van der Waals surface area contributed by atoms with E-state index in [1.54, 1.807) is 21.3 Å². The Morgan fingerprint density at radius 3 is 2.00 bits per heavy atom. The summed E-state index contributed by atoms with van der Waals surface area (Å²) in [5.74, 6) is -2.00. The lowest BCUT2D eigenvalue weighted by molar-refractivity contribution is -0.141. The molecule has 36 heavy (non-hydrogen) atoms. The molecule has 11 nitrogen and oxygen atoms in total. The third-order valence-corrected chi connectivity index (χ3v) is 10.1. The summed E-state index contributed by atoms with van der Waals surface area (Å²) in [7, 11) is 1.82. The predicted molar refractivity (Wildman–Crippen MR) is 128 cm³/mol. The van der Waals surface area contributed by atoms with Crippen molar-refractivity contribution >= 4 is 32.3 Å². The number of imide groups is 1. The molecular weight excluding hydrogens is 488 g/mol. The molecule has 3 amide bonds. The summed E-state index contributed by atoms with van der Waals surface area (Å²) >= 11 is 0. The van der Waals surface area contributed by atoms with Gasteiger partial charge < -0.3 is 28.1 Å². The second-order valence-corrected chi connectivity index (χ2v) is 12.1. The maximum absolute atomic E-state index is 13.2. The van der Waals surface area contributed by atoms with Crippen molar-refractivity contribution in [2.75, 3.05) is 60.8 Å². The molecule has 2 bridgehead atoms.